The quantitative estimate of drug-likeness (QED) is 0.714. The van der Waals surface area contributed by atoms with Gasteiger partial charge >= 0.3 is 0 Å². The van der Waals surface area contributed by atoms with Gasteiger partial charge in [-0.05, 0) is 36.7 Å². The van der Waals surface area contributed by atoms with Crippen LogP contribution in [0.4, 0.5) is 0 Å². The molecule has 148 valence electrons. The topological polar surface area (TPSA) is 65.4 Å². The predicted octanol–water partition coefficient (Wildman–Crippen LogP) is 3.05. The van der Waals surface area contributed by atoms with Crippen LogP contribution >= 0.6 is 11.8 Å². The molecule has 7 nitrogen and oxygen atoms in total. The summed E-state index contributed by atoms with van der Waals surface area (Å²) in [6.07, 6.45) is 2.52. The van der Waals surface area contributed by atoms with E-state index in [0.717, 1.165) is 65.1 Å². The fourth-order valence-electron chi connectivity index (χ4n) is 3.76. The smallest absolute Gasteiger partial charge is 0.231 e. The van der Waals surface area contributed by atoms with Crippen LogP contribution in [0.5, 0.6) is 11.5 Å². The average Bonchev–Trinajstić information content (AvgIpc) is 3.36. The van der Waals surface area contributed by atoms with E-state index in [1.165, 1.54) is 5.56 Å². The third kappa shape index (κ3) is 3.52. The summed E-state index contributed by atoms with van der Waals surface area (Å²) >= 11 is 1.63. The highest BCUT2D eigenvalue weighted by atomic mass is 32.2. The van der Waals surface area contributed by atoms with E-state index in [0.29, 0.717) is 13.2 Å². The Morgan fingerprint density at radius 2 is 2.18 bits per heavy atom. The highest BCUT2D eigenvalue weighted by Gasteiger charge is 2.28. The first-order chi connectivity index (χ1) is 13.8. The number of hydrogen-bond acceptors (Lipinski definition) is 7. The zero-order valence-corrected chi connectivity index (χ0v) is 16.7. The molecule has 0 spiro atoms. The second-order valence-electron chi connectivity index (χ2n) is 7.13. The molecule has 4 heterocycles. The molecule has 3 aliphatic heterocycles. The zero-order chi connectivity index (χ0) is 18.9. The fraction of sp³-hybridized carbons (Fsp3) is 0.500. The number of hydrogen-bond donors (Lipinski definition) is 0. The van der Waals surface area contributed by atoms with Crippen LogP contribution in [0.25, 0.3) is 10.9 Å². The maximum atomic E-state index is 5.86. The minimum atomic E-state index is 0.269. The Balaban J connectivity index is 1.47. The number of ether oxygens (including phenoxy) is 4. The second-order valence-corrected chi connectivity index (χ2v) is 8.08. The Labute approximate surface area is 168 Å². The van der Waals surface area contributed by atoms with Crippen molar-refractivity contribution in [3.05, 3.63) is 23.8 Å². The van der Waals surface area contributed by atoms with Gasteiger partial charge in [0.1, 0.15) is 5.03 Å². The summed E-state index contributed by atoms with van der Waals surface area (Å²) in [5, 5.41) is 3.07. The average molecular weight is 401 g/mol. The van der Waals surface area contributed by atoms with E-state index in [9.17, 15) is 0 Å². The number of aromatic nitrogens is 1. The Morgan fingerprint density at radius 1 is 1.29 bits per heavy atom. The number of amidine groups is 1. The number of benzene rings is 1. The van der Waals surface area contributed by atoms with E-state index in [1.807, 2.05) is 12.1 Å². The number of thioether (sulfide) groups is 1. The van der Waals surface area contributed by atoms with Crippen LogP contribution in [0.3, 0.4) is 0 Å². The minimum absolute atomic E-state index is 0.269. The molecule has 1 unspecified atom stereocenters. The number of nitrogens with zero attached hydrogens (tertiary/aromatic N) is 3. The van der Waals surface area contributed by atoms with Crippen molar-refractivity contribution in [2.45, 2.75) is 30.5 Å². The van der Waals surface area contributed by atoms with Crippen LogP contribution < -0.4 is 9.47 Å². The molecule has 1 fully saturated rings. The highest BCUT2D eigenvalue weighted by molar-refractivity contribution is 8.13. The van der Waals surface area contributed by atoms with Crippen LogP contribution in [0, 0.1) is 0 Å². The molecule has 28 heavy (non-hydrogen) atoms. The largest absolute Gasteiger partial charge is 0.454 e. The summed E-state index contributed by atoms with van der Waals surface area (Å²) in [6, 6.07) is 6.18. The van der Waals surface area contributed by atoms with Crippen LogP contribution in [0.2, 0.25) is 0 Å². The minimum Gasteiger partial charge on any atom is -0.454 e. The third-order valence-electron chi connectivity index (χ3n) is 5.16. The summed E-state index contributed by atoms with van der Waals surface area (Å²) in [7, 11) is 1.70. The second kappa shape index (κ2) is 7.77. The van der Waals surface area contributed by atoms with Gasteiger partial charge in [-0.15, -0.1) is 0 Å². The molecular formula is C20H23N3O4S. The fourth-order valence-corrected chi connectivity index (χ4v) is 4.75. The number of rotatable bonds is 5. The summed E-state index contributed by atoms with van der Waals surface area (Å²) in [5.74, 6) is 1.55. The van der Waals surface area contributed by atoms with Crippen molar-refractivity contribution in [2.75, 3.05) is 40.2 Å². The monoisotopic (exact) mass is 401 g/mol. The standard InChI is InChI=1S/C20H23N3O4S/c1-24-6-4-21-20-23(11-15-3-2-5-25-15)10-14-7-13-8-17-18(27-12-26-17)9-16(13)22-19(14)28-20/h7-9,15H,2-6,10-12H2,1H3. The lowest BCUT2D eigenvalue weighted by atomic mass is 10.1. The molecule has 2 aromatic rings. The first-order valence-electron chi connectivity index (χ1n) is 9.61. The Bertz CT molecular complexity index is 914. The van der Waals surface area contributed by atoms with E-state index in [4.69, 9.17) is 28.9 Å². The van der Waals surface area contributed by atoms with E-state index in [2.05, 4.69) is 11.0 Å². The molecule has 0 bridgehead atoms. The maximum Gasteiger partial charge on any atom is 0.231 e. The zero-order valence-electron chi connectivity index (χ0n) is 15.8. The van der Waals surface area contributed by atoms with Crippen LogP contribution in [0.15, 0.2) is 28.2 Å². The van der Waals surface area contributed by atoms with Crippen molar-refractivity contribution < 1.29 is 18.9 Å². The van der Waals surface area contributed by atoms with Gasteiger partial charge in [0, 0.05) is 43.8 Å². The lowest BCUT2D eigenvalue weighted by Crippen LogP contribution is -2.38. The van der Waals surface area contributed by atoms with Gasteiger partial charge in [0.05, 0.1) is 24.8 Å². The molecule has 0 saturated carbocycles. The summed E-state index contributed by atoms with van der Waals surface area (Å²) in [6.45, 7) is 4.02. The Morgan fingerprint density at radius 3 is 3.00 bits per heavy atom. The Kier molecular flexibility index (Phi) is 5.00. The molecule has 0 N–H and O–H groups in total. The van der Waals surface area contributed by atoms with E-state index >= 15 is 0 Å². The highest BCUT2D eigenvalue weighted by Crippen LogP contribution is 2.39. The number of aliphatic imine (C=N–C) groups is 1. The van der Waals surface area contributed by atoms with Gasteiger partial charge in [-0.3, -0.25) is 4.99 Å². The maximum absolute atomic E-state index is 5.86. The van der Waals surface area contributed by atoms with Crippen LogP contribution in [0.1, 0.15) is 18.4 Å². The summed E-state index contributed by atoms with van der Waals surface area (Å²) < 4.78 is 22.1. The predicted molar refractivity (Wildman–Crippen MR) is 107 cm³/mol. The molecule has 1 aromatic heterocycles. The van der Waals surface area contributed by atoms with Gasteiger partial charge in [-0.1, -0.05) is 0 Å². The van der Waals surface area contributed by atoms with Crippen LogP contribution in [-0.4, -0.2) is 61.4 Å². The van der Waals surface area contributed by atoms with Crippen molar-refractivity contribution in [1.82, 2.24) is 9.88 Å². The molecule has 1 atom stereocenters. The molecular weight excluding hydrogens is 378 g/mol. The molecule has 0 amide bonds. The normalized spacial score (nSPS) is 22.2. The molecule has 0 radical (unpaired) electrons. The van der Waals surface area contributed by atoms with E-state index in [-0.39, 0.29) is 12.9 Å². The third-order valence-corrected chi connectivity index (χ3v) is 6.28. The lowest BCUT2D eigenvalue weighted by molar-refractivity contribution is 0.0902. The van der Waals surface area contributed by atoms with Crippen molar-refractivity contribution in [3.8, 4) is 11.5 Å². The number of pyridine rings is 1. The van der Waals surface area contributed by atoms with Gasteiger partial charge in [0.25, 0.3) is 0 Å². The summed E-state index contributed by atoms with van der Waals surface area (Å²) in [5.41, 5.74) is 2.12. The first kappa shape index (κ1) is 18.0. The van der Waals surface area contributed by atoms with Crippen molar-refractivity contribution >= 4 is 27.8 Å². The number of fused-ring (bicyclic) bond motifs is 3. The van der Waals surface area contributed by atoms with Gasteiger partial charge in [0.15, 0.2) is 16.7 Å². The van der Waals surface area contributed by atoms with Crippen molar-refractivity contribution in [2.24, 2.45) is 4.99 Å². The van der Waals surface area contributed by atoms with Crippen molar-refractivity contribution in [1.29, 1.82) is 0 Å². The van der Waals surface area contributed by atoms with E-state index in [1.54, 1.807) is 18.9 Å². The lowest BCUT2D eigenvalue weighted by Gasteiger charge is -2.32. The first-order valence-corrected chi connectivity index (χ1v) is 10.4. The number of methoxy groups -OCH3 is 1. The van der Waals surface area contributed by atoms with E-state index < -0.39 is 0 Å². The van der Waals surface area contributed by atoms with Crippen molar-refractivity contribution in [3.63, 3.8) is 0 Å². The van der Waals surface area contributed by atoms with Gasteiger partial charge in [-0.2, -0.15) is 0 Å². The van der Waals surface area contributed by atoms with Gasteiger partial charge in [0.2, 0.25) is 6.79 Å². The molecule has 8 heteroatoms. The molecule has 0 aliphatic carbocycles. The molecule has 1 saturated heterocycles. The summed E-state index contributed by atoms with van der Waals surface area (Å²) in [4.78, 5) is 12.0. The molecule has 3 aliphatic rings. The molecule has 1 aromatic carbocycles. The van der Waals surface area contributed by atoms with Gasteiger partial charge < -0.3 is 23.8 Å². The van der Waals surface area contributed by atoms with Gasteiger partial charge in [-0.25, -0.2) is 4.98 Å². The molecule has 5 rings (SSSR count). The Hall–Kier alpha value is -2.03. The SMILES string of the molecule is COCCN=C1Sc2nc3cc4c(cc3cc2CN1CC1CCCO1)OCO4. The van der Waals surface area contributed by atoms with Crippen LogP contribution in [-0.2, 0) is 16.0 Å².